The van der Waals surface area contributed by atoms with E-state index in [1.807, 2.05) is 55.5 Å². The van der Waals surface area contributed by atoms with Crippen molar-refractivity contribution in [3.63, 3.8) is 0 Å². The second-order valence-electron chi connectivity index (χ2n) is 11.2. The number of nitrogens with zero attached hydrogens (tertiary/aromatic N) is 2. The molecule has 0 amide bonds. The molecule has 0 saturated heterocycles. The van der Waals surface area contributed by atoms with Gasteiger partial charge in [-0.1, -0.05) is 84.7 Å². The number of aryl methyl sites for hydroxylation is 1. The zero-order valence-electron chi connectivity index (χ0n) is 26.1. The number of ketones is 1. The maximum Gasteiger partial charge on any atom is 0.439 e. The summed E-state index contributed by atoms with van der Waals surface area (Å²) in [5.41, 5.74) is 12.1. The number of nitrogens with one attached hydrogen (secondary N) is 1. The Balaban J connectivity index is 0.000000281. The monoisotopic (exact) mass is 594 g/mol. The van der Waals surface area contributed by atoms with Crippen LogP contribution in [0.25, 0.3) is 22.5 Å². The number of aromatic amines is 1. The van der Waals surface area contributed by atoms with Crippen LogP contribution < -0.4 is 16.2 Å². The lowest BCUT2D eigenvalue weighted by atomic mass is 9.95. The molecule has 0 spiro atoms. The van der Waals surface area contributed by atoms with E-state index in [9.17, 15) is 9.59 Å². The van der Waals surface area contributed by atoms with Crippen molar-refractivity contribution in [2.24, 2.45) is 10.7 Å². The molecule has 3 N–H and O–H groups in total. The highest BCUT2D eigenvalue weighted by molar-refractivity contribution is 5.95. The van der Waals surface area contributed by atoms with Crippen molar-refractivity contribution >= 4 is 11.6 Å². The second kappa shape index (κ2) is 15.7. The predicted octanol–water partition coefficient (Wildman–Crippen LogP) is 7.58. The summed E-state index contributed by atoms with van der Waals surface area (Å²) in [5.74, 6) is 1.25. The number of nitrogens with two attached hydrogens (primary N) is 1. The number of aromatic nitrogens is 2. The van der Waals surface area contributed by atoms with E-state index in [1.54, 1.807) is 13.8 Å². The van der Waals surface area contributed by atoms with Crippen LogP contribution in [0.4, 0.5) is 0 Å². The molecule has 4 aromatic rings. The molecule has 44 heavy (non-hydrogen) atoms. The van der Waals surface area contributed by atoms with Gasteiger partial charge in [-0.05, 0) is 81.7 Å². The lowest BCUT2D eigenvalue weighted by Gasteiger charge is -2.12. The van der Waals surface area contributed by atoms with Crippen LogP contribution in [0, 0.1) is 6.92 Å². The third-order valence-corrected chi connectivity index (χ3v) is 7.47. The third kappa shape index (κ3) is 9.14. The minimum Gasteiger partial charge on any atom is -0.490 e. The first-order valence-corrected chi connectivity index (χ1v) is 15.2. The first-order valence-electron chi connectivity index (χ1n) is 15.2. The van der Waals surface area contributed by atoms with E-state index in [0.717, 1.165) is 40.1 Å². The molecule has 0 unspecified atom stereocenters. The van der Waals surface area contributed by atoms with Crippen LogP contribution >= 0.6 is 0 Å². The van der Waals surface area contributed by atoms with E-state index < -0.39 is 5.76 Å². The van der Waals surface area contributed by atoms with E-state index in [0.29, 0.717) is 36.2 Å². The first-order chi connectivity index (χ1) is 21.2. The van der Waals surface area contributed by atoms with Gasteiger partial charge in [-0.2, -0.15) is 0 Å². The summed E-state index contributed by atoms with van der Waals surface area (Å²) in [6.45, 7) is 7.43. The van der Waals surface area contributed by atoms with Crippen LogP contribution in [0.2, 0.25) is 0 Å². The van der Waals surface area contributed by atoms with Crippen molar-refractivity contribution in [1.29, 1.82) is 0 Å². The molecule has 8 heteroatoms. The van der Waals surface area contributed by atoms with Gasteiger partial charge in [0.2, 0.25) is 0 Å². The van der Waals surface area contributed by atoms with Crippen molar-refractivity contribution in [3.8, 4) is 28.3 Å². The molecule has 0 atom stereocenters. The highest BCUT2D eigenvalue weighted by Gasteiger charge is 2.16. The Hall–Kier alpha value is -4.72. The van der Waals surface area contributed by atoms with E-state index in [4.69, 9.17) is 10.5 Å². The van der Waals surface area contributed by atoms with E-state index in [-0.39, 0.29) is 5.78 Å². The minimum absolute atomic E-state index is 0.00198. The van der Waals surface area contributed by atoms with Crippen LogP contribution in [0.15, 0.2) is 98.4 Å². The molecule has 0 radical (unpaired) electrons. The standard InChI is InChI=1S/C24H26N4O3.C12H16O/c1-4-7-22(26-16(3)25)21(15(2)29)14-17-10-12-18(13-11-17)19-8-5-6-9-20(19)23-27-24(30)31-28-23;1-10-6-8-12(9-7-10)13-11-4-2-3-5-11/h5-6,8-13H,4,7,14H2,1-3H3,(H2,25,26)(H,27,28,30);6-9,11H,2-5H2,1H3/b22-21-;. The fraction of sp³-hybridized carbons (Fsp3) is 0.333. The summed E-state index contributed by atoms with van der Waals surface area (Å²) in [7, 11) is 0. The number of hydrogen-bond acceptors (Lipinski definition) is 6. The Labute approximate surface area is 259 Å². The summed E-state index contributed by atoms with van der Waals surface area (Å²) in [4.78, 5) is 30.7. The number of rotatable bonds is 10. The van der Waals surface area contributed by atoms with Gasteiger partial charge in [0.25, 0.3) is 0 Å². The smallest absolute Gasteiger partial charge is 0.439 e. The molecular formula is C36H42N4O4. The third-order valence-electron chi connectivity index (χ3n) is 7.47. The molecule has 0 aliphatic heterocycles. The summed E-state index contributed by atoms with van der Waals surface area (Å²) in [6.07, 6.45) is 7.66. The van der Waals surface area contributed by atoms with Crippen molar-refractivity contribution in [2.75, 3.05) is 0 Å². The van der Waals surface area contributed by atoms with Crippen LogP contribution in [0.1, 0.15) is 70.4 Å². The average Bonchev–Trinajstić information content (AvgIpc) is 3.69. The summed E-state index contributed by atoms with van der Waals surface area (Å²) >= 11 is 0. The average molecular weight is 595 g/mol. The molecule has 8 nitrogen and oxygen atoms in total. The molecule has 0 bridgehead atoms. The Morgan fingerprint density at radius 3 is 2.23 bits per heavy atom. The Bertz CT molecular complexity index is 1640. The number of hydrogen-bond donors (Lipinski definition) is 2. The number of amidine groups is 1. The molecule has 1 aromatic heterocycles. The van der Waals surface area contributed by atoms with Gasteiger partial charge in [-0.3, -0.25) is 14.3 Å². The van der Waals surface area contributed by atoms with E-state index in [2.05, 4.69) is 50.8 Å². The molecular weight excluding hydrogens is 552 g/mol. The highest BCUT2D eigenvalue weighted by Crippen LogP contribution is 2.30. The van der Waals surface area contributed by atoms with Crippen molar-refractivity contribution in [2.45, 2.75) is 78.7 Å². The van der Waals surface area contributed by atoms with Gasteiger partial charge in [0.1, 0.15) is 5.75 Å². The van der Waals surface area contributed by atoms with Crippen molar-refractivity contribution < 1.29 is 14.1 Å². The molecule has 1 fully saturated rings. The Morgan fingerprint density at radius 1 is 1.00 bits per heavy atom. The number of carbonyl (C=O) groups excluding carboxylic acids is 1. The highest BCUT2D eigenvalue weighted by atomic mass is 16.5. The van der Waals surface area contributed by atoms with Crippen LogP contribution in [-0.4, -0.2) is 27.9 Å². The lowest BCUT2D eigenvalue weighted by molar-refractivity contribution is -0.113. The number of ether oxygens (including phenoxy) is 1. The van der Waals surface area contributed by atoms with Gasteiger partial charge in [0.15, 0.2) is 11.6 Å². The van der Waals surface area contributed by atoms with Gasteiger partial charge < -0.3 is 10.5 Å². The molecule has 1 saturated carbocycles. The fourth-order valence-electron chi connectivity index (χ4n) is 5.26. The van der Waals surface area contributed by atoms with Gasteiger partial charge in [0, 0.05) is 23.3 Å². The maximum absolute atomic E-state index is 12.3. The van der Waals surface area contributed by atoms with Gasteiger partial charge >= 0.3 is 5.76 Å². The number of benzene rings is 3. The van der Waals surface area contributed by atoms with Crippen LogP contribution in [0.5, 0.6) is 5.75 Å². The number of H-pyrrole nitrogens is 1. The molecule has 1 aliphatic rings. The number of carbonyl (C=O) groups is 1. The summed E-state index contributed by atoms with van der Waals surface area (Å²) < 4.78 is 10.5. The van der Waals surface area contributed by atoms with Gasteiger partial charge in [-0.25, -0.2) is 9.79 Å². The van der Waals surface area contributed by atoms with Gasteiger partial charge in [-0.15, -0.1) is 0 Å². The van der Waals surface area contributed by atoms with Crippen LogP contribution in [0.3, 0.4) is 0 Å². The van der Waals surface area contributed by atoms with E-state index >= 15 is 0 Å². The minimum atomic E-state index is -0.595. The SMILES string of the molecule is CCC/C(N=C(C)N)=C(\Cc1ccc(-c2ccccc2-c2noc(=O)[nH]2)cc1)C(C)=O.Cc1ccc(OC2CCCC2)cc1. The molecule has 5 rings (SSSR count). The topological polar surface area (TPSA) is 124 Å². The Kier molecular flexibility index (Phi) is 11.5. The lowest BCUT2D eigenvalue weighted by Crippen LogP contribution is -2.10. The van der Waals surface area contributed by atoms with Crippen LogP contribution in [-0.2, 0) is 11.2 Å². The van der Waals surface area contributed by atoms with Crippen molar-refractivity contribution in [1.82, 2.24) is 10.1 Å². The van der Waals surface area contributed by atoms with E-state index in [1.165, 1.54) is 31.2 Å². The molecule has 3 aromatic carbocycles. The van der Waals surface area contributed by atoms with Crippen molar-refractivity contribution in [3.05, 3.63) is 106 Å². The normalized spacial score (nSPS) is 14.0. The molecule has 1 heterocycles. The second-order valence-corrected chi connectivity index (χ2v) is 11.2. The number of allylic oxidation sites excluding steroid dienone is 2. The predicted molar refractivity (Wildman–Crippen MR) is 176 cm³/mol. The zero-order chi connectivity index (χ0) is 31.5. The molecule has 230 valence electrons. The zero-order valence-corrected chi connectivity index (χ0v) is 26.1. The number of aliphatic imine (C=N–C) groups is 1. The summed E-state index contributed by atoms with van der Waals surface area (Å²) in [5, 5.41) is 3.80. The number of Topliss-reactive ketones (excluding diaryl/α,β-unsaturated/α-hetero) is 1. The first kappa shape index (κ1) is 32.2. The Morgan fingerprint density at radius 2 is 1.66 bits per heavy atom. The van der Waals surface area contributed by atoms with Gasteiger partial charge in [0.05, 0.1) is 11.9 Å². The quantitative estimate of drug-likeness (QED) is 0.111. The fourth-order valence-corrected chi connectivity index (χ4v) is 5.26. The summed E-state index contributed by atoms with van der Waals surface area (Å²) in [6, 6.07) is 23.9. The molecule has 1 aliphatic carbocycles. The largest absolute Gasteiger partial charge is 0.490 e. The maximum atomic E-state index is 12.3.